The summed E-state index contributed by atoms with van der Waals surface area (Å²) in [7, 11) is 0. The Morgan fingerprint density at radius 1 is 1.88 bits per heavy atom. The summed E-state index contributed by atoms with van der Waals surface area (Å²) in [5.41, 5.74) is 4.99. The zero-order valence-electron chi connectivity index (χ0n) is 4.30. The maximum absolute atomic E-state index is 10.1. The Morgan fingerprint density at radius 3 is 2.50 bits per heavy atom. The van der Waals surface area contributed by atoms with Gasteiger partial charge < -0.3 is 10.5 Å². The van der Waals surface area contributed by atoms with Crippen LogP contribution in [0.15, 0.2) is 0 Å². The molecule has 0 rings (SSSR count). The number of hydrogen-bond donors (Lipinski definition) is 2. The SMILES string of the molecule is CC(=O)SNC(N)=S. The van der Waals surface area contributed by atoms with Crippen molar-refractivity contribution in [2.24, 2.45) is 5.73 Å². The van der Waals surface area contributed by atoms with E-state index in [1.807, 2.05) is 0 Å². The van der Waals surface area contributed by atoms with Gasteiger partial charge >= 0.3 is 0 Å². The Balaban J connectivity index is 3.18. The minimum Gasteiger partial charge on any atom is -0.376 e. The minimum absolute atomic E-state index is 0.0576. The fourth-order valence-corrected chi connectivity index (χ4v) is 0.491. The van der Waals surface area contributed by atoms with Gasteiger partial charge in [0.15, 0.2) is 5.11 Å². The fourth-order valence-electron chi connectivity index (χ4n) is 0.122. The zero-order valence-corrected chi connectivity index (χ0v) is 5.94. The number of hydrogen-bond acceptors (Lipinski definition) is 3. The lowest BCUT2D eigenvalue weighted by Gasteiger charge is -1.94. The molecule has 3 nitrogen and oxygen atoms in total. The first-order valence-electron chi connectivity index (χ1n) is 1.86. The van der Waals surface area contributed by atoms with Gasteiger partial charge in [-0.2, -0.15) is 0 Å². The smallest absolute Gasteiger partial charge is 0.206 e. The van der Waals surface area contributed by atoms with Gasteiger partial charge in [0.05, 0.1) is 0 Å². The summed E-state index contributed by atoms with van der Waals surface area (Å²) in [6.45, 7) is 1.43. The highest BCUT2D eigenvalue weighted by Gasteiger charge is 1.91. The van der Waals surface area contributed by atoms with Gasteiger partial charge in [0.1, 0.15) is 0 Å². The van der Waals surface area contributed by atoms with E-state index < -0.39 is 0 Å². The molecule has 0 aliphatic rings. The summed E-state index contributed by atoms with van der Waals surface area (Å²) < 4.78 is 2.42. The second kappa shape index (κ2) is 3.68. The number of nitrogens with two attached hydrogens (primary N) is 1. The van der Waals surface area contributed by atoms with E-state index in [-0.39, 0.29) is 10.2 Å². The van der Waals surface area contributed by atoms with Crippen LogP contribution in [-0.4, -0.2) is 10.2 Å². The van der Waals surface area contributed by atoms with Crippen molar-refractivity contribution in [1.82, 2.24) is 4.72 Å². The number of rotatable bonds is 0. The number of nitrogens with one attached hydrogen (secondary N) is 1. The first kappa shape index (κ1) is 7.71. The molecule has 3 N–H and O–H groups in total. The van der Waals surface area contributed by atoms with E-state index in [0.717, 1.165) is 11.9 Å². The number of carbonyl (C=O) groups is 1. The fraction of sp³-hybridized carbons (Fsp3) is 0.333. The summed E-state index contributed by atoms with van der Waals surface area (Å²) >= 11 is 5.29. The highest BCUT2D eigenvalue weighted by molar-refractivity contribution is 8.12. The van der Waals surface area contributed by atoms with Crippen molar-refractivity contribution in [3.05, 3.63) is 0 Å². The van der Waals surface area contributed by atoms with Gasteiger partial charge in [-0.05, 0) is 12.2 Å². The highest BCUT2D eigenvalue weighted by atomic mass is 32.2. The predicted octanol–water partition coefficient (Wildman–Crippen LogP) is 0.0143. The molecule has 0 heterocycles. The summed E-state index contributed by atoms with van der Waals surface area (Å²) in [5.74, 6) is 0. The van der Waals surface area contributed by atoms with E-state index in [9.17, 15) is 4.79 Å². The van der Waals surface area contributed by atoms with Crippen molar-refractivity contribution in [2.45, 2.75) is 6.92 Å². The molecule has 0 fully saturated rings. The van der Waals surface area contributed by atoms with E-state index in [1.54, 1.807) is 0 Å². The predicted molar refractivity (Wildman–Crippen MR) is 38.2 cm³/mol. The molecule has 0 radical (unpaired) electrons. The van der Waals surface area contributed by atoms with E-state index in [1.165, 1.54) is 6.92 Å². The van der Waals surface area contributed by atoms with Crippen LogP contribution in [0.25, 0.3) is 0 Å². The molecule has 0 amide bonds. The average molecular weight is 150 g/mol. The Kier molecular flexibility index (Phi) is 3.55. The molecule has 8 heavy (non-hydrogen) atoms. The second-order valence-electron chi connectivity index (χ2n) is 1.06. The molecular weight excluding hydrogens is 144 g/mol. The van der Waals surface area contributed by atoms with Crippen LogP contribution < -0.4 is 10.5 Å². The monoisotopic (exact) mass is 150 g/mol. The van der Waals surface area contributed by atoms with Crippen molar-refractivity contribution in [3.8, 4) is 0 Å². The molecule has 0 saturated heterocycles. The molecular formula is C3H6N2OS2. The highest BCUT2D eigenvalue weighted by Crippen LogP contribution is 1.90. The molecule has 0 aromatic carbocycles. The number of carbonyl (C=O) groups excluding carboxylic acids is 1. The third kappa shape index (κ3) is 5.71. The van der Waals surface area contributed by atoms with Crippen LogP contribution in [0.5, 0.6) is 0 Å². The minimum atomic E-state index is -0.0576. The molecule has 0 aliphatic carbocycles. The Bertz CT molecular complexity index is 99.9. The van der Waals surface area contributed by atoms with Crippen LogP contribution in [0.3, 0.4) is 0 Å². The lowest BCUT2D eigenvalue weighted by atomic mass is 10.9. The summed E-state index contributed by atoms with van der Waals surface area (Å²) in [6.07, 6.45) is 0. The van der Waals surface area contributed by atoms with E-state index >= 15 is 0 Å². The first-order valence-corrected chi connectivity index (χ1v) is 3.08. The van der Waals surface area contributed by atoms with Crippen LogP contribution in [0.2, 0.25) is 0 Å². The van der Waals surface area contributed by atoms with Gasteiger partial charge in [-0.3, -0.25) is 4.79 Å². The van der Waals surface area contributed by atoms with Gasteiger partial charge in [-0.25, -0.2) is 0 Å². The summed E-state index contributed by atoms with van der Waals surface area (Å²) in [5, 5.41) is 0.0722. The van der Waals surface area contributed by atoms with E-state index in [4.69, 9.17) is 5.73 Å². The number of thiocarbonyl (C=S) groups is 1. The molecule has 0 spiro atoms. The molecule has 0 bridgehead atoms. The van der Waals surface area contributed by atoms with Crippen molar-refractivity contribution in [3.63, 3.8) is 0 Å². The maximum Gasteiger partial charge on any atom is 0.206 e. The maximum atomic E-state index is 10.1. The van der Waals surface area contributed by atoms with Gasteiger partial charge in [-0.1, -0.05) is 0 Å². The quantitative estimate of drug-likeness (QED) is 0.376. The van der Waals surface area contributed by atoms with Crippen molar-refractivity contribution in [2.75, 3.05) is 0 Å². The summed E-state index contributed by atoms with van der Waals surface area (Å²) in [4.78, 5) is 10.1. The third-order valence-electron chi connectivity index (χ3n) is 0.295. The van der Waals surface area contributed by atoms with Gasteiger partial charge in [0.2, 0.25) is 5.12 Å². The van der Waals surface area contributed by atoms with Crippen LogP contribution in [-0.2, 0) is 4.79 Å². The van der Waals surface area contributed by atoms with Gasteiger partial charge in [0, 0.05) is 18.9 Å². The van der Waals surface area contributed by atoms with Crippen LogP contribution in [0, 0.1) is 0 Å². The zero-order chi connectivity index (χ0) is 6.57. The molecule has 0 unspecified atom stereocenters. The Hall–Kier alpha value is -0.290. The molecule has 0 aliphatic heterocycles. The molecule has 46 valence electrons. The molecule has 0 saturated carbocycles. The normalized spacial score (nSPS) is 8.12. The van der Waals surface area contributed by atoms with E-state index in [0.29, 0.717) is 0 Å². The van der Waals surface area contributed by atoms with Gasteiger partial charge in [-0.15, -0.1) is 0 Å². The van der Waals surface area contributed by atoms with Crippen molar-refractivity contribution < 1.29 is 4.79 Å². The molecule has 0 aromatic heterocycles. The van der Waals surface area contributed by atoms with Gasteiger partial charge in [0.25, 0.3) is 0 Å². The topological polar surface area (TPSA) is 55.1 Å². The van der Waals surface area contributed by atoms with Crippen LogP contribution in [0.4, 0.5) is 0 Å². The molecule has 0 aromatic rings. The second-order valence-corrected chi connectivity index (χ2v) is 2.48. The standard InChI is InChI=1S/C3H6N2OS2/c1-2(6)8-5-3(4)7/h1H3,(H3,4,5,7). The lowest BCUT2D eigenvalue weighted by molar-refractivity contribution is -0.109. The third-order valence-corrected chi connectivity index (χ3v) is 1.14. The lowest BCUT2D eigenvalue weighted by Crippen LogP contribution is -2.23. The largest absolute Gasteiger partial charge is 0.376 e. The Labute approximate surface area is 57.1 Å². The van der Waals surface area contributed by atoms with Crippen molar-refractivity contribution >= 4 is 34.4 Å². The Morgan fingerprint density at radius 2 is 2.38 bits per heavy atom. The molecule has 0 atom stereocenters. The first-order chi connectivity index (χ1) is 3.63. The summed E-state index contributed by atoms with van der Waals surface area (Å²) in [6, 6.07) is 0. The van der Waals surface area contributed by atoms with Crippen LogP contribution >= 0.6 is 24.2 Å². The average Bonchev–Trinajstić information content (AvgIpc) is 1.61. The van der Waals surface area contributed by atoms with Crippen LogP contribution in [0.1, 0.15) is 6.92 Å². The van der Waals surface area contributed by atoms with Crippen molar-refractivity contribution in [1.29, 1.82) is 0 Å². The molecule has 5 heteroatoms. The van der Waals surface area contributed by atoms with E-state index in [2.05, 4.69) is 16.9 Å².